The van der Waals surface area contributed by atoms with Gasteiger partial charge in [0.15, 0.2) is 0 Å². The maximum absolute atomic E-state index is 10.1. The van der Waals surface area contributed by atoms with E-state index in [9.17, 15) is 5.11 Å². The summed E-state index contributed by atoms with van der Waals surface area (Å²) in [6, 6.07) is 0. The Morgan fingerprint density at radius 1 is 1.59 bits per heavy atom. The van der Waals surface area contributed by atoms with Gasteiger partial charge in [0, 0.05) is 19.7 Å². The summed E-state index contributed by atoms with van der Waals surface area (Å²) in [6.45, 7) is 2.07. The molecule has 2 heterocycles. The summed E-state index contributed by atoms with van der Waals surface area (Å²) in [5, 5.41) is 14.5. The summed E-state index contributed by atoms with van der Waals surface area (Å²) in [5.74, 6) is 0. The van der Waals surface area contributed by atoms with Crippen molar-refractivity contribution in [3.63, 3.8) is 0 Å². The number of thiazole rings is 1. The van der Waals surface area contributed by atoms with Crippen LogP contribution in [0.25, 0.3) is 0 Å². The van der Waals surface area contributed by atoms with Crippen LogP contribution < -0.4 is 0 Å². The van der Waals surface area contributed by atoms with Crippen LogP contribution in [0.3, 0.4) is 0 Å². The van der Waals surface area contributed by atoms with Crippen molar-refractivity contribution >= 4 is 27.3 Å². The third-order valence-electron chi connectivity index (χ3n) is 2.67. The lowest BCUT2D eigenvalue weighted by molar-refractivity contribution is 0.179. The molecule has 0 spiro atoms. The molecule has 0 aliphatic heterocycles. The summed E-state index contributed by atoms with van der Waals surface area (Å²) >= 11 is 5.02. The van der Waals surface area contributed by atoms with Gasteiger partial charge in [-0.2, -0.15) is 5.10 Å². The van der Waals surface area contributed by atoms with E-state index in [0.29, 0.717) is 6.42 Å². The van der Waals surface area contributed by atoms with E-state index in [2.05, 4.69) is 32.9 Å². The van der Waals surface area contributed by atoms with Crippen molar-refractivity contribution in [2.75, 3.05) is 0 Å². The van der Waals surface area contributed by atoms with Crippen LogP contribution in [0.5, 0.6) is 0 Å². The van der Waals surface area contributed by atoms with E-state index >= 15 is 0 Å². The topological polar surface area (TPSA) is 50.9 Å². The van der Waals surface area contributed by atoms with Crippen LogP contribution in [0.15, 0.2) is 16.2 Å². The zero-order valence-corrected chi connectivity index (χ0v) is 12.1. The summed E-state index contributed by atoms with van der Waals surface area (Å²) in [5.41, 5.74) is 3.77. The third-order valence-corrected chi connectivity index (χ3v) is 4.46. The summed E-state index contributed by atoms with van der Waals surface area (Å²) < 4.78 is 2.83. The van der Waals surface area contributed by atoms with Gasteiger partial charge in [0.1, 0.15) is 0 Å². The number of aliphatic hydroxyl groups excluding tert-OH is 1. The van der Waals surface area contributed by atoms with Gasteiger partial charge >= 0.3 is 0 Å². The zero-order valence-electron chi connectivity index (χ0n) is 9.72. The summed E-state index contributed by atoms with van der Waals surface area (Å²) in [6.07, 6.45) is 2.62. The third kappa shape index (κ3) is 2.59. The van der Waals surface area contributed by atoms with Crippen molar-refractivity contribution < 1.29 is 5.11 Å². The van der Waals surface area contributed by atoms with E-state index in [1.807, 2.05) is 11.7 Å². The highest BCUT2D eigenvalue weighted by Gasteiger charge is 2.18. The molecule has 0 fully saturated rings. The van der Waals surface area contributed by atoms with Crippen LogP contribution in [-0.4, -0.2) is 19.9 Å². The standard InChI is InChI=1S/C11H14BrN3OS/c1-3-7-11(12)8(15(2)14-7)4-9(16)10-5-13-6-17-10/h5-6,9,16H,3-4H2,1-2H3. The average Bonchev–Trinajstić information content (AvgIpc) is 2.92. The van der Waals surface area contributed by atoms with E-state index in [-0.39, 0.29) is 0 Å². The van der Waals surface area contributed by atoms with Gasteiger partial charge in [-0.15, -0.1) is 11.3 Å². The fourth-order valence-electron chi connectivity index (χ4n) is 1.72. The zero-order chi connectivity index (χ0) is 12.4. The molecule has 17 heavy (non-hydrogen) atoms. The minimum absolute atomic E-state index is 0.515. The molecule has 0 saturated carbocycles. The second-order valence-electron chi connectivity index (χ2n) is 3.81. The molecule has 0 radical (unpaired) electrons. The van der Waals surface area contributed by atoms with Gasteiger partial charge in [0.2, 0.25) is 0 Å². The van der Waals surface area contributed by atoms with Gasteiger partial charge < -0.3 is 5.11 Å². The molecule has 1 unspecified atom stereocenters. The minimum Gasteiger partial charge on any atom is -0.387 e. The van der Waals surface area contributed by atoms with Gasteiger partial charge in [-0.1, -0.05) is 6.92 Å². The predicted molar refractivity (Wildman–Crippen MR) is 71.1 cm³/mol. The number of aromatic nitrogens is 3. The van der Waals surface area contributed by atoms with E-state index < -0.39 is 6.10 Å². The van der Waals surface area contributed by atoms with E-state index in [1.165, 1.54) is 11.3 Å². The molecule has 1 N–H and O–H groups in total. The molecule has 2 aromatic rings. The Bertz CT molecular complexity index is 495. The van der Waals surface area contributed by atoms with Gasteiger partial charge in [-0.3, -0.25) is 9.67 Å². The van der Waals surface area contributed by atoms with Crippen LogP contribution in [0, 0.1) is 0 Å². The molecule has 2 rings (SSSR count). The average molecular weight is 316 g/mol. The van der Waals surface area contributed by atoms with Gasteiger partial charge in [-0.05, 0) is 22.4 Å². The van der Waals surface area contributed by atoms with Crippen LogP contribution in [0.2, 0.25) is 0 Å². The lowest BCUT2D eigenvalue weighted by atomic mass is 10.1. The highest BCUT2D eigenvalue weighted by Crippen LogP contribution is 2.27. The SMILES string of the molecule is CCc1nn(C)c(CC(O)c2cncs2)c1Br. The molecule has 6 heteroatoms. The first-order valence-electron chi connectivity index (χ1n) is 5.40. The molecule has 0 aliphatic carbocycles. The number of halogens is 1. The van der Waals surface area contributed by atoms with Crippen LogP contribution in [0.1, 0.15) is 29.3 Å². The van der Waals surface area contributed by atoms with Crippen molar-refractivity contribution in [1.29, 1.82) is 0 Å². The lowest BCUT2D eigenvalue weighted by Crippen LogP contribution is -2.05. The van der Waals surface area contributed by atoms with Crippen LogP contribution >= 0.6 is 27.3 Å². The maximum atomic E-state index is 10.1. The molecular formula is C11H14BrN3OS. The van der Waals surface area contributed by atoms with Crippen molar-refractivity contribution in [2.45, 2.75) is 25.9 Å². The normalized spacial score (nSPS) is 12.9. The number of aliphatic hydroxyl groups is 1. The minimum atomic E-state index is -0.515. The number of nitrogens with zero attached hydrogens (tertiary/aromatic N) is 3. The molecule has 0 aliphatic rings. The molecule has 4 nitrogen and oxygen atoms in total. The van der Waals surface area contributed by atoms with E-state index in [1.54, 1.807) is 11.7 Å². The molecule has 0 aromatic carbocycles. The molecule has 1 atom stereocenters. The first-order valence-corrected chi connectivity index (χ1v) is 7.07. The number of hydrogen-bond donors (Lipinski definition) is 1. The molecule has 0 amide bonds. The largest absolute Gasteiger partial charge is 0.387 e. The number of rotatable bonds is 4. The van der Waals surface area contributed by atoms with Crippen LogP contribution in [0.4, 0.5) is 0 Å². The predicted octanol–water partition coefficient (Wildman–Crippen LogP) is 2.48. The molecular weight excluding hydrogens is 302 g/mol. The molecule has 0 bridgehead atoms. The molecule has 2 aromatic heterocycles. The first kappa shape index (κ1) is 12.7. The molecule has 0 saturated heterocycles. The lowest BCUT2D eigenvalue weighted by Gasteiger charge is -2.08. The number of hydrogen-bond acceptors (Lipinski definition) is 4. The van der Waals surface area contributed by atoms with Crippen molar-refractivity contribution in [2.24, 2.45) is 7.05 Å². The molecule has 92 valence electrons. The monoisotopic (exact) mass is 315 g/mol. The van der Waals surface area contributed by atoms with Crippen LogP contribution in [-0.2, 0) is 19.9 Å². The van der Waals surface area contributed by atoms with Crippen molar-refractivity contribution in [3.8, 4) is 0 Å². The smallest absolute Gasteiger partial charge is 0.0953 e. The fraction of sp³-hybridized carbons (Fsp3) is 0.455. The highest BCUT2D eigenvalue weighted by molar-refractivity contribution is 9.10. The Labute approximate surface area is 112 Å². The van der Waals surface area contributed by atoms with Crippen molar-refractivity contribution in [1.82, 2.24) is 14.8 Å². The number of aryl methyl sites for hydroxylation is 2. The van der Waals surface area contributed by atoms with Gasteiger partial charge in [0.25, 0.3) is 0 Å². The second kappa shape index (κ2) is 5.29. The highest BCUT2D eigenvalue weighted by atomic mass is 79.9. The Morgan fingerprint density at radius 3 is 2.88 bits per heavy atom. The second-order valence-corrected chi connectivity index (χ2v) is 5.52. The van der Waals surface area contributed by atoms with E-state index in [0.717, 1.165) is 27.2 Å². The Kier molecular flexibility index (Phi) is 3.96. The van der Waals surface area contributed by atoms with Gasteiger partial charge in [0.05, 0.1) is 32.4 Å². The Hall–Kier alpha value is -0.720. The summed E-state index contributed by atoms with van der Waals surface area (Å²) in [7, 11) is 1.90. The summed E-state index contributed by atoms with van der Waals surface area (Å²) in [4.78, 5) is 4.86. The van der Waals surface area contributed by atoms with E-state index in [4.69, 9.17) is 0 Å². The fourth-order valence-corrected chi connectivity index (χ4v) is 3.10. The Balaban J connectivity index is 2.21. The van der Waals surface area contributed by atoms with Gasteiger partial charge in [-0.25, -0.2) is 0 Å². The maximum Gasteiger partial charge on any atom is 0.0953 e. The Morgan fingerprint density at radius 2 is 2.35 bits per heavy atom. The first-order chi connectivity index (χ1) is 8.13. The van der Waals surface area contributed by atoms with Crippen molar-refractivity contribution in [3.05, 3.63) is 32.4 Å². The quantitative estimate of drug-likeness (QED) is 0.943.